The van der Waals surface area contributed by atoms with Gasteiger partial charge in [-0.3, -0.25) is 14.2 Å². The van der Waals surface area contributed by atoms with Crippen molar-refractivity contribution in [2.45, 2.75) is 18.1 Å². The van der Waals surface area contributed by atoms with Crippen LogP contribution in [0.2, 0.25) is 0 Å². The minimum absolute atomic E-state index is 0.0102. The van der Waals surface area contributed by atoms with Gasteiger partial charge in [0.2, 0.25) is 0 Å². The molecular weight excluding hydrogens is 380 g/mol. The van der Waals surface area contributed by atoms with Crippen molar-refractivity contribution >= 4 is 28.6 Å². The summed E-state index contributed by atoms with van der Waals surface area (Å²) >= 11 is 1.26. The van der Waals surface area contributed by atoms with E-state index in [9.17, 15) is 9.59 Å². The van der Waals surface area contributed by atoms with Crippen molar-refractivity contribution < 1.29 is 19.4 Å². The maximum Gasteiger partial charge on any atom is 0.304 e. The second-order valence-electron chi connectivity index (χ2n) is 5.98. The van der Waals surface area contributed by atoms with Crippen molar-refractivity contribution in [2.75, 3.05) is 20.0 Å². The third kappa shape index (κ3) is 4.28. The second kappa shape index (κ2) is 8.79. The number of thioether (sulfide) groups is 1. The van der Waals surface area contributed by atoms with Crippen LogP contribution in [0.4, 0.5) is 0 Å². The number of aromatic nitrogens is 2. The van der Waals surface area contributed by atoms with E-state index >= 15 is 0 Å². The summed E-state index contributed by atoms with van der Waals surface area (Å²) in [6.45, 7) is 0.284. The van der Waals surface area contributed by atoms with Crippen molar-refractivity contribution in [3.8, 4) is 11.5 Å². The zero-order chi connectivity index (χ0) is 20.1. The predicted octanol–water partition coefficient (Wildman–Crippen LogP) is 3.03. The fraction of sp³-hybridized carbons (Fsp3) is 0.250. The van der Waals surface area contributed by atoms with Crippen LogP contribution in [-0.2, 0) is 11.3 Å². The summed E-state index contributed by atoms with van der Waals surface area (Å²) in [5.74, 6) is 0.613. The Bertz CT molecular complexity index is 1060. The highest BCUT2D eigenvalue weighted by molar-refractivity contribution is 7.99. The Hall–Kier alpha value is -3.00. The minimum atomic E-state index is -0.887. The van der Waals surface area contributed by atoms with E-state index in [2.05, 4.69) is 4.98 Å². The topological polar surface area (TPSA) is 90.6 Å². The lowest BCUT2D eigenvalue weighted by Crippen LogP contribution is -2.24. The summed E-state index contributed by atoms with van der Waals surface area (Å²) in [5.41, 5.74) is 1.27. The molecule has 3 aromatic rings. The van der Waals surface area contributed by atoms with Gasteiger partial charge in [-0.05, 0) is 29.8 Å². The van der Waals surface area contributed by atoms with E-state index in [4.69, 9.17) is 14.6 Å². The molecule has 8 heteroatoms. The Morgan fingerprint density at radius 2 is 1.89 bits per heavy atom. The number of carboxylic acid groups (broad SMARTS) is 1. The molecule has 0 spiro atoms. The molecule has 2 aromatic carbocycles. The molecule has 3 rings (SSSR count). The van der Waals surface area contributed by atoms with Crippen LogP contribution in [0.15, 0.2) is 52.4 Å². The number of aliphatic carboxylic acids is 1. The maximum absolute atomic E-state index is 13.1. The molecule has 0 saturated carbocycles. The average molecular weight is 400 g/mol. The van der Waals surface area contributed by atoms with Gasteiger partial charge < -0.3 is 14.6 Å². The molecule has 1 N–H and O–H groups in total. The van der Waals surface area contributed by atoms with Gasteiger partial charge in [0.25, 0.3) is 5.56 Å². The van der Waals surface area contributed by atoms with E-state index < -0.39 is 5.97 Å². The normalized spacial score (nSPS) is 10.8. The van der Waals surface area contributed by atoms with Crippen molar-refractivity contribution in [2.24, 2.45) is 0 Å². The number of ether oxygens (including phenoxy) is 2. The van der Waals surface area contributed by atoms with Crippen molar-refractivity contribution in [1.82, 2.24) is 9.55 Å². The fourth-order valence-corrected chi connectivity index (χ4v) is 3.71. The predicted molar refractivity (Wildman–Crippen MR) is 108 cm³/mol. The Morgan fingerprint density at radius 1 is 1.14 bits per heavy atom. The summed E-state index contributed by atoms with van der Waals surface area (Å²) < 4.78 is 12.2. The smallest absolute Gasteiger partial charge is 0.304 e. The lowest BCUT2D eigenvalue weighted by atomic mass is 10.2. The van der Waals surface area contributed by atoms with E-state index in [1.807, 2.05) is 18.2 Å². The molecule has 0 bridgehead atoms. The Morgan fingerprint density at radius 3 is 2.61 bits per heavy atom. The first-order valence-corrected chi connectivity index (χ1v) is 9.57. The lowest BCUT2D eigenvalue weighted by molar-refractivity contribution is -0.136. The number of hydrogen-bond donors (Lipinski definition) is 1. The van der Waals surface area contributed by atoms with Crippen molar-refractivity contribution in [1.29, 1.82) is 0 Å². The van der Waals surface area contributed by atoms with E-state index in [-0.39, 0.29) is 18.5 Å². The fourth-order valence-electron chi connectivity index (χ4n) is 2.79. The molecule has 0 aliphatic carbocycles. The summed E-state index contributed by atoms with van der Waals surface area (Å²) in [7, 11) is 3.12. The first-order valence-electron chi connectivity index (χ1n) is 8.58. The Balaban J connectivity index is 2.03. The van der Waals surface area contributed by atoms with Gasteiger partial charge in [0, 0.05) is 5.75 Å². The SMILES string of the molecule is COc1ccc(Cn2c(SCCC(=O)O)nc3ccccc3c2=O)cc1OC. The van der Waals surface area contributed by atoms with Gasteiger partial charge in [-0.25, -0.2) is 4.98 Å². The van der Waals surface area contributed by atoms with E-state index in [1.165, 1.54) is 11.8 Å². The molecule has 0 aliphatic heterocycles. The number of methoxy groups -OCH3 is 2. The number of carbonyl (C=O) groups is 1. The molecule has 0 fully saturated rings. The van der Waals surface area contributed by atoms with Gasteiger partial charge in [0.05, 0.1) is 38.1 Å². The molecule has 28 heavy (non-hydrogen) atoms. The van der Waals surface area contributed by atoms with Crippen LogP contribution in [0.3, 0.4) is 0 Å². The standard InChI is InChI=1S/C20H20N2O5S/c1-26-16-8-7-13(11-17(16)27-2)12-22-19(25)14-5-3-4-6-15(14)21-20(22)28-10-9-18(23)24/h3-8,11H,9-10,12H2,1-2H3,(H,23,24). The molecule has 1 aromatic heterocycles. The summed E-state index contributed by atoms with van der Waals surface area (Å²) in [4.78, 5) is 28.5. The van der Waals surface area contributed by atoms with Gasteiger partial charge in [0.15, 0.2) is 16.7 Å². The number of carboxylic acids is 1. The van der Waals surface area contributed by atoms with E-state index in [0.29, 0.717) is 33.3 Å². The quantitative estimate of drug-likeness (QED) is 0.459. The molecule has 0 amide bonds. The summed E-state index contributed by atoms with van der Waals surface area (Å²) in [5, 5.41) is 9.91. The largest absolute Gasteiger partial charge is 0.493 e. The average Bonchev–Trinajstić information content (AvgIpc) is 2.70. The number of hydrogen-bond acceptors (Lipinski definition) is 6. The first kappa shape index (κ1) is 19.8. The van der Waals surface area contributed by atoms with Gasteiger partial charge in [-0.1, -0.05) is 30.0 Å². The second-order valence-corrected chi connectivity index (χ2v) is 7.05. The van der Waals surface area contributed by atoms with Crippen LogP contribution in [-0.4, -0.2) is 40.6 Å². The van der Waals surface area contributed by atoms with Gasteiger partial charge >= 0.3 is 5.97 Å². The van der Waals surface area contributed by atoms with E-state index in [0.717, 1.165) is 5.56 Å². The van der Waals surface area contributed by atoms with Crippen LogP contribution in [0.1, 0.15) is 12.0 Å². The number of rotatable bonds is 8. The number of fused-ring (bicyclic) bond motifs is 1. The Labute approximate surface area is 165 Å². The molecular formula is C20H20N2O5S. The first-order chi connectivity index (χ1) is 13.5. The molecule has 1 heterocycles. The van der Waals surface area contributed by atoms with Gasteiger partial charge in [0.1, 0.15) is 0 Å². The van der Waals surface area contributed by atoms with E-state index in [1.54, 1.807) is 43.1 Å². The molecule has 0 aliphatic rings. The van der Waals surface area contributed by atoms with Crippen LogP contribution in [0.25, 0.3) is 10.9 Å². The van der Waals surface area contributed by atoms with Gasteiger partial charge in [-0.2, -0.15) is 0 Å². The van der Waals surface area contributed by atoms with Crippen LogP contribution in [0, 0.1) is 0 Å². The lowest BCUT2D eigenvalue weighted by Gasteiger charge is -2.14. The third-order valence-electron chi connectivity index (χ3n) is 4.16. The zero-order valence-corrected chi connectivity index (χ0v) is 16.4. The highest BCUT2D eigenvalue weighted by Gasteiger charge is 2.14. The number of benzene rings is 2. The molecule has 7 nitrogen and oxygen atoms in total. The Kier molecular flexibility index (Phi) is 6.20. The molecule has 146 valence electrons. The van der Waals surface area contributed by atoms with Crippen molar-refractivity contribution in [3.05, 3.63) is 58.4 Å². The van der Waals surface area contributed by atoms with Crippen LogP contribution < -0.4 is 15.0 Å². The third-order valence-corrected chi connectivity index (χ3v) is 5.14. The summed E-state index contributed by atoms with van der Waals surface area (Å²) in [6, 6.07) is 12.6. The highest BCUT2D eigenvalue weighted by atomic mass is 32.2. The van der Waals surface area contributed by atoms with Crippen LogP contribution >= 0.6 is 11.8 Å². The van der Waals surface area contributed by atoms with Crippen molar-refractivity contribution in [3.63, 3.8) is 0 Å². The molecule has 0 atom stereocenters. The molecule has 0 saturated heterocycles. The highest BCUT2D eigenvalue weighted by Crippen LogP contribution is 2.28. The minimum Gasteiger partial charge on any atom is -0.493 e. The number of para-hydroxylation sites is 1. The van der Waals surface area contributed by atoms with Gasteiger partial charge in [-0.15, -0.1) is 0 Å². The number of nitrogens with zero attached hydrogens (tertiary/aromatic N) is 2. The van der Waals surface area contributed by atoms with Crippen LogP contribution in [0.5, 0.6) is 11.5 Å². The molecule has 0 unspecified atom stereocenters. The zero-order valence-electron chi connectivity index (χ0n) is 15.5. The maximum atomic E-state index is 13.1. The molecule has 0 radical (unpaired) electrons. The summed E-state index contributed by atoms with van der Waals surface area (Å²) in [6.07, 6.45) is -0.0102. The monoisotopic (exact) mass is 400 g/mol.